The van der Waals surface area contributed by atoms with Gasteiger partial charge >= 0.3 is 0 Å². The van der Waals surface area contributed by atoms with Gasteiger partial charge in [0.25, 0.3) is 0 Å². The van der Waals surface area contributed by atoms with Crippen molar-refractivity contribution in [3.05, 3.63) is 24.3 Å². The molecule has 1 aromatic heterocycles. The molecule has 0 aliphatic carbocycles. The van der Waals surface area contributed by atoms with Crippen molar-refractivity contribution in [3.63, 3.8) is 0 Å². The summed E-state index contributed by atoms with van der Waals surface area (Å²) < 4.78 is 0. The molecule has 0 saturated heterocycles. The van der Waals surface area contributed by atoms with Gasteiger partial charge in [0, 0.05) is 24.4 Å². The van der Waals surface area contributed by atoms with Crippen LogP contribution in [0, 0.1) is 5.92 Å². The van der Waals surface area contributed by atoms with E-state index < -0.39 is 0 Å². The first-order valence-corrected chi connectivity index (χ1v) is 5.66. The summed E-state index contributed by atoms with van der Waals surface area (Å²) in [5, 5.41) is 0. The second-order valence-electron chi connectivity index (χ2n) is 4.30. The Balaban J connectivity index is 2.43. The minimum absolute atomic E-state index is 0.0183. The number of aromatic nitrogens is 2. The van der Waals surface area contributed by atoms with Crippen molar-refractivity contribution >= 4 is 5.78 Å². The number of ketones is 1. The van der Waals surface area contributed by atoms with Gasteiger partial charge in [-0.25, -0.2) is 9.97 Å². The van der Waals surface area contributed by atoms with Crippen LogP contribution in [0.25, 0.3) is 0 Å². The van der Waals surface area contributed by atoms with Crippen LogP contribution in [0.15, 0.2) is 18.7 Å². The fourth-order valence-electron chi connectivity index (χ4n) is 1.59. The number of Topliss-reactive ketones (excluding diaryl/α,β-unsaturated/α-hetero) is 1. The molecular weight excluding hydrogens is 202 g/mol. The maximum Gasteiger partial charge on any atom is 0.168 e. The summed E-state index contributed by atoms with van der Waals surface area (Å²) in [5.41, 5.74) is 6.25. The topological polar surface area (TPSA) is 68.9 Å². The first kappa shape index (κ1) is 12.8. The fraction of sp³-hybridized carbons (Fsp3) is 0.583. The van der Waals surface area contributed by atoms with Crippen LogP contribution in [0.5, 0.6) is 0 Å². The molecule has 16 heavy (non-hydrogen) atoms. The Hall–Kier alpha value is -1.29. The van der Waals surface area contributed by atoms with Crippen molar-refractivity contribution in [2.75, 3.05) is 0 Å². The molecule has 1 aromatic rings. The predicted molar refractivity (Wildman–Crippen MR) is 63.0 cm³/mol. The molecule has 0 aromatic carbocycles. The molecule has 0 amide bonds. The first-order valence-electron chi connectivity index (χ1n) is 5.66. The summed E-state index contributed by atoms with van der Waals surface area (Å²) in [4.78, 5) is 19.6. The summed E-state index contributed by atoms with van der Waals surface area (Å²) in [6, 6.07) is 0.211. The average Bonchev–Trinajstić information content (AvgIpc) is 2.28. The largest absolute Gasteiger partial charge is 0.328 e. The lowest BCUT2D eigenvalue weighted by atomic mass is 9.95. The molecule has 0 aliphatic rings. The molecule has 4 heteroatoms. The number of nitrogens with zero attached hydrogens (tertiary/aromatic N) is 2. The molecule has 1 heterocycles. The van der Waals surface area contributed by atoms with Crippen LogP contribution >= 0.6 is 0 Å². The molecule has 4 nitrogen and oxygen atoms in total. The normalized spacial score (nSPS) is 14.4. The van der Waals surface area contributed by atoms with E-state index in [2.05, 4.69) is 9.97 Å². The second kappa shape index (κ2) is 6.33. The maximum absolute atomic E-state index is 11.9. The molecule has 2 unspecified atom stereocenters. The Morgan fingerprint density at radius 2 is 1.94 bits per heavy atom. The second-order valence-corrected chi connectivity index (χ2v) is 4.30. The molecule has 0 bridgehead atoms. The van der Waals surface area contributed by atoms with E-state index in [1.807, 2.05) is 13.8 Å². The minimum Gasteiger partial charge on any atom is -0.328 e. The van der Waals surface area contributed by atoms with Crippen LogP contribution in [0.4, 0.5) is 0 Å². The van der Waals surface area contributed by atoms with E-state index in [4.69, 9.17) is 5.73 Å². The number of hydrogen-bond donors (Lipinski definition) is 1. The van der Waals surface area contributed by atoms with Gasteiger partial charge in [-0.05, 0) is 19.8 Å². The number of nitrogens with two attached hydrogens (primary N) is 1. The molecular formula is C12H19N3O. The lowest BCUT2D eigenvalue weighted by Crippen LogP contribution is -2.16. The van der Waals surface area contributed by atoms with Gasteiger partial charge in [0.2, 0.25) is 0 Å². The van der Waals surface area contributed by atoms with E-state index in [1.165, 1.54) is 6.33 Å². The lowest BCUT2D eigenvalue weighted by molar-refractivity contribution is 0.0921. The van der Waals surface area contributed by atoms with Crippen molar-refractivity contribution in [1.29, 1.82) is 0 Å². The molecule has 0 saturated carbocycles. The van der Waals surface area contributed by atoms with Crippen molar-refractivity contribution in [3.8, 4) is 0 Å². The van der Waals surface area contributed by atoms with Gasteiger partial charge in [0.1, 0.15) is 6.33 Å². The summed E-state index contributed by atoms with van der Waals surface area (Å²) in [5.74, 6) is 0.134. The van der Waals surface area contributed by atoms with Gasteiger partial charge in [0.05, 0.1) is 5.56 Å². The van der Waals surface area contributed by atoms with Crippen molar-refractivity contribution in [2.45, 2.75) is 39.2 Å². The highest BCUT2D eigenvalue weighted by molar-refractivity contribution is 5.96. The smallest absolute Gasteiger partial charge is 0.168 e. The molecule has 0 spiro atoms. The molecule has 0 fully saturated rings. The highest BCUT2D eigenvalue weighted by Gasteiger charge is 2.15. The first-order chi connectivity index (χ1) is 7.61. The number of rotatable bonds is 6. The van der Waals surface area contributed by atoms with Gasteiger partial charge in [-0.15, -0.1) is 0 Å². The SMILES string of the molecule is CC(N)CCCC(C)C(=O)c1cncnc1. The molecule has 2 atom stereocenters. The van der Waals surface area contributed by atoms with Crippen LogP contribution in [0.1, 0.15) is 43.5 Å². The van der Waals surface area contributed by atoms with Gasteiger partial charge in [-0.1, -0.05) is 13.3 Å². The summed E-state index contributed by atoms with van der Waals surface area (Å²) >= 11 is 0. The third-order valence-electron chi connectivity index (χ3n) is 2.59. The van der Waals surface area contributed by atoms with Crippen LogP contribution in [0.2, 0.25) is 0 Å². The molecule has 0 radical (unpaired) electrons. The van der Waals surface area contributed by atoms with Crippen molar-refractivity contribution < 1.29 is 4.79 Å². The van der Waals surface area contributed by atoms with Gasteiger partial charge in [-0.3, -0.25) is 4.79 Å². The van der Waals surface area contributed by atoms with E-state index in [0.717, 1.165) is 19.3 Å². The Labute approximate surface area is 96.3 Å². The third kappa shape index (κ3) is 4.06. The summed E-state index contributed by atoms with van der Waals surface area (Å²) in [6.45, 7) is 3.92. The maximum atomic E-state index is 11.9. The lowest BCUT2D eigenvalue weighted by Gasteiger charge is -2.10. The highest BCUT2D eigenvalue weighted by atomic mass is 16.1. The number of carbonyl (C=O) groups is 1. The van der Waals surface area contributed by atoms with Crippen molar-refractivity contribution in [1.82, 2.24) is 9.97 Å². The molecule has 1 rings (SSSR count). The zero-order valence-corrected chi connectivity index (χ0v) is 9.89. The van der Waals surface area contributed by atoms with Crippen LogP contribution in [0.3, 0.4) is 0 Å². The Morgan fingerprint density at radius 1 is 1.31 bits per heavy atom. The Bertz CT molecular complexity index is 324. The monoisotopic (exact) mass is 221 g/mol. The van der Waals surface area contributed by atoms with Gasteiger partial charge in [-0.2, -0.15) is 0 Å². The minimum atomic E-state index is 0.0183. The number of carbonyl (C=O) groups excluding carboxylic acids is 1. The Kier molecular flexibility index (Phi) is 5.05. The van der Waals surface area contributed by atoms with E-state index in [0.29, 0.717) is 5.56 Å². The molecule has 88 valence electrons. The van der Waals surface area contributed by atoms with E-state index in [-0.39, 0.29) is 17.7 Å². The fourth-order valence-corrected chi connectivity index (χ4v) is 1.59. The summed E-state index contributed by atoms with van der Waals surface area (Å²) in [7, 11) is 0. The van der Waals surface area contributed by atoms with Crippen LogP contribution < -0.4 is 5.73 Å². The molecule has 0 aliphatic heterocycles. The average molecular weight is 221 g/mol. The van der Waals surface area contributed by atoms with E-state index in [9.17, 15) is 4.79 Å². The predicted octanol–water partition coefficient (Wildman–Crippen LogP) is 1.81. The van der Waals surface area contributed by atoms with Crippen molar-refractivity contribution in [2.24, 2.45) is 11.7 Å². The zero-order chi connectivity index (χ0) is 12.0. The van der Waals surface area contributed by atoms with E-state index in [1.54, 1.807) is 12.4 Å². The van der Waals surface area contributed by atoms with Gasteiger partial charge in [0.15, 0.2) is 5.78 Å². The van der Waals surface area contributed by atoms with Crippen LogP contribution in [-0.2, 0) is 0 Å². The summed E-state index contributed by atoms with van der Waals surface area (Å²) in [6.07, 6.45) is 7.38. The van der Waals surface area contributed by atoms with E-state index >= 15 is 0 Å². The highest BCUT2D eigenvalue weighted by Crippen LogP contribution is 2.14. The van der Waals surface area contributed by atoms with Gasteiger partial charge < -0.3 is 5.73 Å². The zero-order valence-electron chi connectivity index (χ0n) is 9.89. The van der Waals surface area contributed by atoms with Crippen LogP contribution in [-0.4, -0.2) is 21.8 Å². The Morgan fingerprint density at radius 3 is 2.50 bits per heavy atom. The number of hydrogen-bond acceptors (Lipinski definition) is 4. The standard InChI is InChI=1S/C12H19N3O/c1-9(4-3-5-10(2)13)12(16)11-6-14-8-15-7-11/h6-10H,3-5,13H2,1-2H3. The quantitative estimate of drug-likeness (QED) is 0.744. The third-order valence-corrected chi connectivity index (χ3v) is 2.59. The molecule has 2 N–H and O–H groups in total.